The van der Waals surface area contributed by atoms with Crippen LogP contribution in [-0.4, -0.2) is 5.97 Å². The molecule has 0 amide bonds. The Labute approximate surface area is 93.0 Å². The highest BCUT2D eigenvalue weighted by Crippen LogP contribution is 2.08. The summed E-state index contributed by atoms with van der Waals surface area (Å²) in [6.45, 7) is 8.06. The van der Waals surface area contributed by atoms with Crippen LogP contribution in [0.3, 0.4) is 0 Å². The second kappa shape index (κ2) is 8.27. The van der Waals surface area contributed by atoms with Gasteiger partial charge in [0.25, 0.3) is 0 Å². The molecule has 0 bridgehead atoms. The minimum atomic E-state index is -0.172. The number of ether oxygens (including phenoxy) is 1. The molecule has 0 aliphatic rings. The van der Waals surface area contributed by atoms with Crippen molar-refractivity contribution in [2.24, 2.45) is 0 Å². The molecule has 0 atom stereocenters. The van der Waals surface area contributed by atoms with E-state index in [2.05, 4.69) is 19.9 Å². The van der Waals surface area contributed by atoms with E-state index in [9.17, 15) is 4.79 Å². The van der Waals surface area contributed by atoms with E-state index in [0.29, 0.717) is 6.42 Å². The van der Waals surface area contributed by atoms with Crippen LogP contribution in [0.5, 0.6) is 0 Å². The Bertz CT molecular complexity index is 249. The smallest absolute Gasteiger partial charge is 0.310 e. The van der Waals surface area contributed by atoms with Crippen molar-refractivity contribution in [2.75, 3.05) is 0 Å². The van der Waals surface area contributed by atoms with Crippen molar-refractivity contribution in [3.63, 3.8) is 0 Å². The first-order chi connectivity index (χ1) is 7.10. The molecule has 0 aromatic carbocycles. The van der Waals surface area contributed by atoms with Crippen molar-refractivity contribution in [1.82, 2.24) is 0 Å². The van der Waals surface area contributed by atoms with Gasteiger partial charge in [-0.2, -0.15) is 0 Å². The molecule has 0 radical (unpaired) electrons. The number of hydrogen-bond acceptors (Lipinski definition) is 2. The summed E-state index contributed by atoms with van der Waals surface area (Å²) in [5.41, 5.74) is 2.52. The minimum absolute atomic E-state index is 0.172. The molecule has 0 heterocycles. The molecule has 0 aliphatic heterocycles. The molecule has 0 rings (SSSR count). The third-order valence-corrected chi connectivity index (χ3v) is 2.27. The number of carbonyl (C=O) groups is 1. The molecular weight excluding hydrogens is 188 g/mol. The van der Waals surface area contributed by atoms with Gasteiger partial charge in [0, 0.05) is 6.42 Å². The molecular formula is C13H22O2. The summed E-state index contributed by atoms with van der Waals surface area (Å²) in [4.78, 5) is 10.9. The monoisotopic (exact) mass is 210 g/mol. The van der Waals surface area contributed by atoms with Gasteiger partial charge >= 0.3 is 5.97 Å². The maximum atomic E-state index is 10.9. The SMILES string of the molecule is CCC(=O)O/C=C(\C)CC/C=C(\C)CC. The Kier molecular flexibility index (Phi) is 7.69. The summed E-state index contributed by atoms with van der Waals surface area (Å²) in [5, 5.41) is 0. The zero-order valence-electron chi connectivity index (χ0n) is 10.3. The maximum Gasteiger partial charge on any atom is 0.310 e. The van der Waals surface area contributed by atoms with E-state index in [-0.39, 0.29) is 5.97 Å². The van der Waals surface area contributed by atoms with Crippen LogP contribution in [0.1, 0.15) is 53.4 Å². The highest BCUT2D eigenvalue weighted by molar-refractivity contribution is 5.69. The van der Waals surface area contributed by atoms with Gasteiger partial charge in [-0.3, -0.25) is 4.79 Å². The largest absolute Gasteiger partial charge is 0.435 e. The van der Waals surface area contributed by atoms with Crippen molar-refractivity contribution < 1.29 is 9.53 Å². The highest BCUT2D eigenvalue weighted by Gasteiger charge is 1.95. The molecule has 0 fully saturated rings. The van der Waals surface area contributed by atoms with E-state index in [1.54, 1.807) is 13.2 Å². The lowest BCUT2D eigenvalue weighted by atomic mass is 10.1. The molecule has 86 valence electrons. The number of esters is 1. The first-order valence-corrected chi connectivity index (χ1v) is 5.60. The lowest BCUT2D eigenvalue weighted by Crippen LogP contribution is -1.96. The first kappa shape index (κ1) is 13.9. The third-order valence-electron chi connectivity index (χ3n) is 2.27. The Morgan fingerprint density at radius 3 is 2.33 bits per heavy atom. The van der Waals surface area contributed by atoms with Crippen LogP contribution >= 0.6 is 0 Å². The topological polar surface area (TPSA) is 26.3 Å². The van der Waals surface area contributed by atoms with E-state index in [4.69, 9.17) is 4.74 Å². The summed E-state index contributed by atoms with van der Waals surface area (Å²) in [6.07, 6.45) is 7.31. The van der Waals surface area contributed by atoms with Gasteiger partial charge in [-0.15, -0.1) is 0 Å². The molecule has 0 unspecified atom stereocenters. The van der Waals surface area contributed by atoms with Gasteiger partial charge in [0.1, 0.15) is 0 Å². The molecule has 0 saturated carbocycles. The van der Waals surface area contributed by atoms with E-state index < -0.39 is 0 Å². The van der Waals surface area contributed by atoms with Gasteiger partial charge in [0.05, 0.1) is 6.26 Å². The number of rotatable bonds is 6. The average molecular weight is 210 g/mol. The van der Waals surface area contributed by atoms with Crippen LogP contribution in [-0.2, 0) is 9.53 Å². The van der Waals surface area contributed by atoms with Crippen LogP contribution in [0, 0.1) is 0 Å². The van der Waals surface area contributed by atoms with Gasteiger partial charge < -0.3 is 4.74 Å². The number of carbonyl (C=O) groups excluding carboxylic acids is 1. The van der Waals surface area contributed by atoms with Crippen LogP contribution in [0.15, 0.2) is 23.5 Å². The second-order valence-electron chi connectivity index (χ2n) is 3.75. The lowest BCUT2D eigenvalue weighted by molar-refractivity contribution is -0.137. The summed E-state index contributed by atoms with van der Waals surface area (Å²) >= 11 is 0. The quantitative estimate of drug-likeness (QED) is 0.376. The summed E-state index contributed by atoms with van der Waals surface area (Å²) in [5.74, 6) is -0.172. The Hall–Kier alpha value is -1.05. The van der Waals surface area contributed by atoms with Crippen molar-refractivity contribution in [3.8, 4) is 0 Å². The molecule has 2 heteroatoms. The summed E-state index contributed by atoms with van der Waals surface area (Å²) in [6, 6.07) is 0. The fourth-order valence-corrected chi connectivity index (χ4v) is 0.999. The van der Waals surface area contributed by atoms with Gasteiger partial charge in [0.15, 0.2) is 0 Å². The minimum Gasteiger partial charge on any atom is -0.435 e. The number of allylic oxidation sites excluding steroid dienone is 3. The Balaban J connectivity index is 3.83. The van der Waals surface area contributed by atoms with Crippen LogP contribution in [0.4, 0.5) is 0 Å². The van der Waals surface area contributed by atoms with E-state index in [1.807, 2.05) is 6.92 Å². The van der Waals surface area contributed by atoms with Crippen molar-refractivity contribution in [2.45, 2.75) is 53.4 Å². The van der Waals surface area contributed by atoms with E-state index >= 15 is 0 Å². The van der Waals surface area contributed by atoms with Crippen molar-refractivity contribution >= 4 is 5.97 Å². The van der Waals surface area contributed by atoms with Crippen molar-refractivity contribution in [1.29, 1.82) is 0 Å². The predicted octanol–water partition coefficient (Wildman–Crippen LogP) is 3.98. The predicted molar refractivity (Wildman–Crippen MR) is 63.4 cm³/mol. The number of hydrogen-bond donors (Lipinski definition) is 0. The fourth-order valence-electron chi connectivity index (χ4n) is 0.999. The van der Waals surface area contributed by atoms with Crippen molar-refractivity contribution in [3.05, 3.63) is 23.5 Å². The zero-order chi connectivity index (χ0) is 11.7. The molecule has 0 aromatic heterocycles. The summed E-state index contributed by atoms with van der Waals surface area (Å²) < 4.78 is 4.92. The van der Waals surface area contributed by atoms with E-state index in [1.165, 1.54) is 5.57 Å². The Morgan fingerprint density at radius 1 is 1.13 bits per heavy atom. The standard InChI is InChI=1S/C13H22O2/c1-5-11(3)8-7-9-12(4)10-15-13(14)6-2/h8,10H,5-7,9H2,1-4H3/b11-8+,12-10+. The molecule has 0 spiro atoms. The van der Waals surface area contributed by atoms with Gasteiger partial charge in [-0.05, 0) is 38.7 Å². The lowest BCUT2D eigenvalue weighted by Gasteiger charge is -2.00. The van der Waals surface area contributed by atoms with Gasteiger partial charge in [-0.25, -0.2) is 0 Å². The molecule has 0 saturated heterocycles. The third kappa shape index (κ3) is 7.98. The molecule has 0 aromatic rings. The first-order valence-electron chi connectivity index (χ1n) is 5.60. The van der Waals surface area contributed by atoms with Crippen LogP contribution in [0.25, 0.3) is 0 Å². The van der Waals surface area contributed by atoms with Crippen LogP contribution < -0.4 is 0 Å². The highest BCUT2D eigenvalue weighted by atomic mass is 16.5. The normalized spacial score (nSPS) is 12.8. The average Bonchev–Trinajstić information content (AvgIpc) is 2.25. The maximum absolute atomic E-state index is 10.9. The molecule has 0 aliphatic carbocycles. The fraction of sp³-hybridized carbons (Fsp3) is 0.615. The second-order valence-corrected chi connectivity index (χ2v) is 3.75. The summed E-state index contributed by atoms with van der Waals surface area (Å²) in [7, 11) is 0. The Morgan fingerprint density at radius 2 is 1.80 bits per heavy atom. The van der Waals surface area contributed by atoms with Gasteiger partial charge in [0.2, 0.25) is 0 Å². The molecule has 0 N–H and O–H groups in total. The van der Waals surface area contributed by atoms with Gasteiger partial charge in [-0.1, -0.05) is 25.5 Å². The van der Waals surface area contributed by atoms with Crippen LogP contribution in [0.2, 0.25) is 0 Å². The zero-order valence-corrected chi connectivity index (χ0v) is 10.3. The molecule has 15 heavy (non-hydrogen) atoms. The van der Waals surface area contributed by atoms with E-state index in [0.717, 1.165) is 24.8 Å². The molecule has 2 nitrogen and oxygen atoms in total.